The fraction of sp³-hybridized carbons (Fsp3) is 0.333. The van der Waals surface area contributed by atoms with Crippen LogP contribution in [-0.2, 0) is 0 Å². The van der Waals surface area contributed by atoms with Crippen molar-refractivity contribution < 1.29 is 9.47 Å². The SMILES string of the molecule is CC1(C)Oc2ccccc2C1NCCOc1ccccc1. The van der Waals surface area contributed by atoms with Gasteiger partial charge in [-0.15, -0.1) is 0 Å². The summed E-state index contributed by atoms with van der Waals surface area (Å²) in [6, 6.07) is 18.3. The Labute approximate surface area is 125 Å². The van der Waals surface area contributed by atoms with Crippen molar-refractivity contribution in [2.24, 2.45) is 0 Å². The van der Waals surface area contributed by atoms with Crippen LogP contribution in [0.4, 0.5) is 0 Å². The van der Waals surface area contributed by atoms with Gasteiger partial charge in [0.15, 0.2) is 0 Å². The molecule has 0 amide bonds. The molecule has 0 spiro atoms. The maximum absolute atomic E-state index is 6.02. The number of nitrogens with one attached hydrogen (secondary N) is 1. The standard InChI is InChI=1S/C18H21NO2/c1-18(2)17(15-10-6-7-11-16(15)21-18)19-12-13-20-14-8-4-3-5-9-14/h3-11,17,19H,12-13H2,1-2H3. The van der Waals surface area contributed by atoms with Gasteiger partial charge in [-0.05, 0) is 32.0 Å². The number of ether oxygens (including phenoxy) is 2. The predicted molar refractivity (Wildman–Crippen MR) is 83.8 cm³/mol. The molecule has 0 bridgehead atoms. The molecule has 3 heteroatoms. The van der Waals surface area contributed by atoms with Gasteiger partial charge in [-0.2, -0.15) is 0 Å². The Balaban J connectivity index is 1.57. The summed E-state index contributed by atoms with van der Waals surface area (Å²) in [5.41, 5.74) is 0.985. The van der Waals surface area contributed by atoms with Gasteiger partial charge in [0.1, 0.15) is 23.7 Å². The highest BCUT2D eigenvalue weighted by atomic mass is 16.5. The van der Waals surface area contributed by atoms with E-state index in [4.69, 9.17) is 9.47 Å². The number of rotatable bonds is 5. The highest BCUT2D eigenvalue weighted by molar-refractivity contribution is 5.42. The third kappa shape index (κ3) is 3.03. The molecular weight excluding hydrogens is 262 g/mol. The molecule has 110 valence electrons. The first-order valence-electron chi connectivity index (χ1n) is 7.36. The molecule has 0 aromatic heterocycles. The average Bonchev–Trinajstić information content (AvgIpc) is 2.75. The third-order valence-corrected chi connectivity index (χ3v) is 3.76. The van der Waals surface area contributed by atoms with Gasteiger partial charge in [-0.1, -0.05) is 36.4 Å². The molecule has 0 saturated heterocycles. The molecule has 1 N–H and O–H groups in total. The lowest BCUT2D eigenvalue weighted by Gasteiger charge is -2.27. The van der Waals surface area contributed by atoms with E-state index in [1.165, 1.54) is 5.56 Å². The monoisotopic (exact) mass is 283 g/mol. The molecule has 3 nitrogen and oxygen atoms in total. The Morgan fingerprint density at radius 3 is 2.57 bits per heavy atom. The highest BCUT2D eigenvalue weighted by Gasteiger charge is 2.40. The van der Waals surface area contributed by atoms with Crippen LogP contribution in [0.5, 0.6) is 11.5 Å². The quantitative estimate of drug-likeness (QED) is 0.851. The summed E-state index contributed by atoms with van der Waals surface area (Å²) in [5.74, 6) is 1.88. The molecule has 0 aliphatic carbocycles. The van der Waals surface area contributed by atoms with Gasteiger partial charge in [0, 0.05) is 12.1 Å². The average molecular weight is 283 g/mol. The molecule has 1 atom stereocenters. The van der Waals surface area contributed by atoms with Crippen LogP contribution >= 0.6 is 0 Å². The normalized spacial score (nSPS) is 18.9. The summed E-state index contributed by atoms with van der Waals surface area (Å²) in [7, 11) is 0. The molecule has 2 aromatic rings. The van der Waals surface area contributed by atoms with Crippen LogP contribution in [-0.4, -0.2) is 18.8 Å². The van der Waals surface area contributed by atoms with Crippen molar-refractivity contribution in [2.45, 2.75) is 25.5 Å². The number of para-hydroxylation sites is 2. The van der Waals surface area contributed by atoms with Crippen molar-refractivity contribution in [2.75, 3.05) is 13.2 Å². The van der Waals surface area contributed by atoms with E-state index in [9.17, 15) is 0 Å². The number of hydrogen-bond donors (Lipinski definition) is 1. The van der Waals surface area contributed by atoms with Gasteiger partial charge in [0.25, 0.3) is 0 Å². The second kappa shape index (κ2) is 5.78. The van der Waals surface area contributed by atoms with E-state index in [-0.39, 0.29) is 11.6 Å². The predicted octanol–water partition coefficient (Wildman–Crippen LogP) is 3.57. The van der Waals surface area contributed by atoms with Gasteiger partial charge >= 0.3 is 0 Å². The van der Waals surface area contributed by atoms with Crippen molar-refractivity contribution in [3.63, 3.8) is 0 Å². The summed E-state index contributed by atoms with van der Waals surface area (Å²) < 4.78 is 11.7. The Bertz CT molecular complexity index is 595. The van der Waals surface area contributed by atoms with Crippen molar-refractivity contribution in [1.29, 1.82) is 0 Å². The summed E-state index contributed by atoms with van der Waals surface area (Å²) >= 11 is 0. The maximum Gasteiger partial charge on any atom is 0.125 e. The van der Waals surface area contributed by atoms with E-state index in [0.29, 0.717) is 6.61 Å². The van der Waals surface area contributed by atoms with Crippen LogP contribution in [0.2, 0.25) is 0 Å². The van der Waals surface area contributed by atoms with Crippen LogP contribution in [0, 0.1) is 0 Å². The summed E-state index contributed by atoms with van der Waals surface area (Å²) in [6.45, 7) is 5.64. The topological polar surface area (TPSA) is 30.5 Å². The minimum Gasteiger partial charge on any atom is -0.492 e. The fourth-order valence-electron chi connectivity index (χ4n) is 2.77. The fourth-order valence-corrected chi connectivity index (χ4v) is 2.77. The second-order valence-corrected chi connectivity index (χ2v) is 5.79. The lowest BCUT2D eigenvalue weighted by Crippen LogP contribution is -2.40. The van der Waals surface area contributed by atoms with Gasteiger partial charge in [-0.25, -0.2) is 0 Å². The summed E-state index contributed by atoms with van der Waals surface area (Å²) in [6.07, 6.45) is 0. The van der Waals surface area contributed by atoms with Crippen molar-refractivity contribution >= 4 is 0 Å². The largest absolute Gasteiger partial charge is 0.492 e. The van der Waals surface area contributed by atoms with Crippen LogP contribution in [0.3, 0.4) is 0 Å². The molecule has 1 aliphatic rings. The van der Waals surface area contributed by atoms with E-state index in [2.05, 4.69) is 31.3 Å². The molecule has 0 fully saturated rings. The summed E-state index contributed by atoms with van der Waals surface area (Å²) in [4.78, 5) is 0. The van der Waals surface area contributed by atoms with E-state index in [0.717, 1.165) is 18.0 Å². The maximum atomic E-state index is 6.02. The highest BCUT2D eigenvalue weighted by Crippen LogP contribution is 2.42. The number of fused-ring (bicyclic) bond motifs is 1. The Hall–Kier alpha value is -2.00. The number of benzene rings is 2. The zero-order valence-corrected chi connectivity index (χ0v) is 12.5. The van der Waals surface area contributed by atoms with Crippen LogP contribution in [0.15, 0.2) is 54.6 Å². The van der Waals surface area contributed by atoms with E-state index in [1.54, 1.807) is 0 Å². The minimum atomic E-state index is -0.240. The summed E-state index contributed by atoms with van der Waals surface area (Å²) in [5, 5.41) is 3.55. The smallest absolute Gasteiger partial charge is 0.125 e. The third-order valence-electron chi connectivity index (χ3n) is 3.76. The molecule has 3 rings (SSSR count). The lowest BCUT2D eigenvalue weighted by molar-refractivity contribution is 0.0946. The zero-order valence-electron chi connectivity index (χ0n) is 12.5. The van der Waals surface area contributed by atoms with Crippen molar-refractivity contribution in [3.05, 3.63) is 60.2 Å². The first-order valence-corrected chi connectivity index (χ1v) is 7.36. The Morgan fingerprint density at radius 1 is 1.05 bits per heavy atom. The Kier molecular flexibility index (Phi) is 3.84. The van der Waals surface area contributed by atoms with E-state index >= 15 is 0 Å². The van der Waals surface area contributed by atoms with Crippen LogP contribution in [0.25, 0.3) is 0 Å². The lowest BCUT2D eigenvalue weighted by atomic mass is 9.94. The molecule has 1 heterocycles. The Morgan fingerprint density at radius 2 is 1.76 bits per heavy atom. The molecule has 1 aliphatic heterocycles. The van der Waals surface area contributed by atoms with Gasteiger partial charge in [0.05, 0.1) is 6.04 Å². The van der Waals surface area contributed by atoms with Crippen LogP contribution in [0.1, 0.15) is 25.5 Å². The molecule has 2 aromatic carbocycles. The number of hydrogen-bond acceptors (Lipinski definition) is 3. The first-order chi connectivity index (χ1) is 10.2. The van der Waals surface area contributed by atoms with Crippen LogP contribution < -0.4 is 14.8 Å². The molecule has 0 saturated carbocycles. The molecule has 21 heavy (non-hydrogen) atoms. The first kappa shape index (κ1) is 14.0. The molecule has 0 radical (unpaired) electrons. The van der Waals surface area contributed by atoms with Crippen molar-refractivity contribution in [1.82, 2.24) is 5.32 Å². The van der Waals surface area contributed by atoms with E-state index < -0.39 is 0 Å². The van der Waals surface area contributed by atoms with E-state index in [1.807, 2.05) is 42.5 Å². The van der Waals surface area contributed by atoms with Gasteiger partial charge in [0.2, 0.25) is 0 Å². The minimum absolute atomic E-state index is 0.188. The van der Waals surface area contributed by atoms with Crippen molar-refractivity contribution in [3.8, 4) is 11.5 Å². The second-order valence-electron chi connectivity index (χ2n) is 5.79. The van der Waals surface area contributed by atoms with Gasteiger partial charge in [-0.3, -0.25) is 0 Å². The zero-order chi connectivity index (χ0) is 14.7. The molecule has 1 unspecified atom stereocenters. The molecular formula is C18H21NO2. The van der Waals surface area contributed by atoms with Gasteiger partial charge < -0.3 is 14.8 Å².